The molecule has 0 aromatic carbocycles. The largest absolute Gasteiger partial charge is 0.136 e. The Morgan fingerprint density at radius 1 is 1.67 bits per heavy atom. The van der Waals surface area contributed by atoms with Gasteiger partial charge < -0.3 is 0 Å². The van der Waals surface area contributed by atoms with Crippen LogP contribution in [0.25, 0.3) is 0 Å². The average molecular weight is 176 g/mol. The number of thiol groups is 1. The molecule has 0 saturated carbocycles. The number of rotatable bonds is 1. The molecule has 0 aliphatic rings. The van der Waals surface area contributed by atoms with E-state index in [0.29, 0.717) is 0 Å². The third-order valence-electron chi connectivity index (χ3n) is 1.19. The van der Waals surface area contributed by atoms with Crippen molar-refractivity contribution < 1.29 is 0 Å². The molecule has 0 amide bonds. The Bertz CT molecular complexity index is 202. The summed E-state index contributed by atoms with van der Waals surface area (Å²) in [5, 5.41) is 2.14. The van der Waals surface area contributed by atoms with E-state index < -0.39 is 0 Å². The molecule has 1 aromatic heterocycles. The second-order valence-corrected chi connectivity index (χ2v) is 4.21. The molecule has 3 heteroatoms. The summed E-state index contributed by atoms with van der Waals surface area (Å²) in [7, 11) is 0. The highest BCUT2D eigenvalue weighted by Gasteiger charge is 2.00. The third kappa shape index (κ3) is 1.45. The van der Waals surface area contributed by atoms with Crippen molar-refractivity contribution in [3.05, 3.63) is 10.9 Å². The Labute approximate surface area is 69.1 Å². The Morgan fingerprint density at radius 2 is 2.33 bits per heavy atom. The maximum Gasteiger partial charge on any atom is 0.0608 e. The first kappa shape index (κ1) is 7.51. The van der Waals surface area contributed by atoms with E-state index >= 15 is 0 Å². The molecule has 0 fully saturated rings. The summed E-state index contributed by atoms with van der Waals surface area (Å²) >= 11 is 7.75. The minimum atomic E-state index is 1.14. The van der Waals surface area contributed by atoms with Crippen LogP contribution in [0.4, 0.5) is 0 Å². The van der Waals surface area contributed by atoms with Gasteiger partial charge in [-0.25, -0.2) is 0 Å². The van der Waals surface area contributed by atoms with Gasteiger partial charge in [-0.05, 0) is 18.7 Å². The van der Waals surface area contributed by atoms with E-state index in [1.54, 1.807) is 23.1 Å². The summed E-state index contributed by atoms with van der Waals surface area (Å²) in [6.07, 6.45) is 2.09. The molecule has 0 N–H and O–H groups in total. The lowest BCUT2D eigenvalue weighted by Gasteiger charge is -1.90. The highest BCUT2D eigenvalue weighted by atomic mass is 32.2. The number of thioether (sulfide) groups is 1. The standard InChI is InChI=1S/C6H8S3/c1-4-5(8-2)3-9-6(4)7/h3,7H,1-2H3. The molecule has 0 unspecified atom stereocenters. The molecular formula is C6H8S3. The van der Waals surface area contributed by atoms with Gasteiger partial charge in [0.2, 0.25) is 0 Å². The first-order chi connectivity index (χ1) is 4.25. The molecular weight excluding hydrogens is 168 g/mol. The summed E-state index contributed by atoms with van der Waals surface area (Å²) in [4.78, 5) is 1.35. The van der Waals surface area contributed by atoms with Gasteiger partial charge in [0.25, 0.3) is 0 Å². The highest BCUT2D eigenvalue weighted by molar-refractivity contribution is 7.98. The number of thiophene rings is 1. The van der Waals surface area contributed by atoms with E-state index in [1.807, 2.05) is 0 Å². The van der Waals surface area contributed by atoms with Crippen molar-refractivity contribution in [1.82, 2.24) is 0 Å². The molecule has 1 heterocycles. The summed E-state index contributed by atoms with van der Waals surface area (Å²) in [6, 6.07) is 0. The maximum absolute atomic E-state index is 4.28. The summed E-state index contributed by atoms with van der Waals surface area (Å²) in [5.41, 5.74) is 1.32. The number of hydrogen-bond acceptors (Lipinski definition) is 3. The van der Waals surface area contributed by atoms with Crippen LogP contribution >= 0.6 is 35.7 Å². The fraction of sp³-hybridized carbons (Fsp3) is 0.333. The minimum absolute atomic E-state index is 1.14. The Morgan fingerprint density at radius 3 is 2.56 bits per heavy atom. The molecule has 9 heavy (non-hydrogen) atoms. The summed E-state index contributed by atoms with van der Waals surface area (Å²) < 4.78 is 1.14. The number of hydrogen-bond donors (Lipinski definition) is 1. The molecule has 0 atom stereocenters. The van der Waals surface area contributed by atoms with Crippen LogP contribution in [0.5, 0.6) is 0 Å². The van der Waals surface area contributed by atoms with Gasteiger partial charge in [-0.2, -0.15) is 0 Å². The zero-order valence-electron chi connectivity index (χ0n) is 5.34. The van der Waals surface area contributed by atoms with Crippen LogP contribution in [-0.4, -0.2) is 6.26 Å². The molecule has 0 aliphatic carbocycles. The van der Waals surface area contributed by atoms with Crippen molar-refractivity contribution in [1.29, 1.82) is 0 Å². The fourth-order valence-corrected chi connectivity index (χ4v) is 2.63. The molecule has 0 saturated heterocycles. The summed E-state index contributed by atoms with van der Waals surface area (Å²) in [6.45, 7) is 2.10. The smallest absolute Gasteiger partial charge is 0.0608 e. The predicted octanol–water partition coefficient (Wildman–Crippen LogP) is 3.07. The van der Waals surface area contributed by atoms with Crippen molar-refractivity contribution >= 4 is 35.7 Å². The second-order valence-electron chi connectivity index (χ2n) is 1.73. The lowest BCUT2D eigenvalue weighted by Crippen LogP contribution is -1.67. The van der Waals surface area contributed by atoms with Gasteiger partial charge in [-0.3, -0.25) is 0 Å². The lowest BCUT2D eigenvalue weighted by molar-refractivity contribution is 1.31. The van der Waals surface area contributed by atoms with Gasteiger partial charge in [-0.1, -0.05) is 0 Å². The van der Waals surface area contributed by atoms with E-state index in [9.17, 15) is 0 Å². The second kappa shape index (κ2) is 2.99. The topological polar surface area (TPSA) is 0 Å². The van der Waals surface area contributed by atoms with Crippen molar-refractivity contribution in [2.75, 3.05) is 6.26 Å². The van der Waals surface area contributed by atoms with E-state index in [1.165, 1.54) is 10.5 Å². The predicted molar refractivity (Wildman–Crippen MR) is 48.1 cm³/mol. The quantitative estimate of drug-likeness (QED) is 0.507. The van der Waals surface area contributed by atoms with Gasteiger partial charge in [0.15, 0.2) is 0 Å². The Hall–Kier alpha value is 0.400. The maximum atomic E-state index is 4.28. The van der Waals surface area contributed by atoms with Crippen LogP contribution in [0.3, 0.4) is 0 Å². The van der Waals surface area contributed by atoms with E-state index in [0.717, 1.165) is 4.21 Å². The van der Waals surface area contributed by atoms with Gasteiger partial charge in [0.05, 0.1) is 4.21 Å². The lowest BCUT2D eigenvalue weighted by atomic mass is 10.4. The first-order valence-electron chi connectivity index (χ1n) is 2.56. The molecule has 0 nitrogen and oxygen atoms in total. The van der Waals surface area contributed by atoms with Crippen molar-refractivity contribution in [3.63, 3.8) is 0 Å². The molecule has 0 radical (unpaired) electrons. The van der Waals surface area contributed by atoms with Gasteiger partial charge >= 0.3 is 0 Å². The van der Waals surface area contributed by atoms with Crippen molar-refractivity contribution in [2.24, 2.45) is 0 Å². The van der Waals surface area contributed by atoms with Crippen LogP contribution in [0.15, 0.2) is 14.5 Å². The van der Waals surface area contributed by atoms with Crippen LogP contribution < -0.4 is 0 Å². The van der Waals surface area contributed by atoms with E-state index in [4.69, 9.17) is 0 Å². The molecule has 50 valence electrons. The van der Waals surface area contributed by atoms with Gasteiger partial charge in [-0.15, -0.1) is 35.7 Å². The molecule has 1 aromatic rings. The fourth-order valence-electron chi connectivity index (χ4n) is 0.593. The van der Waals surface area contributed by atoms with E-state index in [2.05, 4.69) is 31.2 Å². The molecule has 1 rings (SSSR count). The monoisotopic (exact) mass is 176 g/mol. The Kier molecular flexibility index (Phi) is 2.50. The average Bonchev–Trinajstić information content (AvgIpc) is 2.15. The van der Waals surface area contributed by atoms with Crippen LogP contribution in [0, 0.1) is 6.92 Å². The van der Waals surface area contributed by atoms with Crippen LogP contribution in [0.1, 0.15) is 5.56 Å². The van der Waals surface area contributed by atoms with Crippen LogP contribution in [0.2, 0.25) is 0 Å². The third-order valence-corrected chi connectivity index (χ3v) is 3.74. The first-order valence-corrected chi connectivity index (χ1v) is 5.12. The van der Waals surface area contributed by atoms with Gasteiger partial charge in [0, 0.05) is 10.3 Å². The van der Waals surface area contributed by atoms with Crippen molar-refractivity contribution in [2.45, 2.75) is 16.0 Å². The molecule has 0 spiro atoms. The Balaban J connectivity index is 3.04. The summed E-state index contributed by atoms with van der Waals surface area (Å²) in [5.74, 6) is 0. The SMILES string of the molecule is CSc1csc(S)c1C. The normalized spacial score (nSPS) is 10.1. The zero-order chi connectivity index (χ0) is 6.85. The minimum Gasteiger partial charge on any atom is -0.136 e. The molecule has 0 bridgehead atoms. The van der Waals surface area contributed by atoms with Gasteiger partial charge in [0.1, 0.15) is 0 Å². The molecule has 0 aliphatic heterocycles. The highest BCUT2D eigenvalue weighted by Crippen LogP contribution is 2.30. The zero-order valence-corrected chi connectivity index (χ0v) is 7.87. The van der Waals surface area contributed by atoms with E-state index in [-0.39, 0.29) is 0 Å². The van der Waals surface area contributed by atoms with Crippen LogP contribution in [-0.2, 0) is 0 Å². The van der Waals surface area contributed by atoms with Crippen molar-refractivity contribution in [3.8, 4) is 0 Å².